The number of Topliss-reactive ketones (excluding diaryl/α,β-unsaturated/α-hetero) is 4. The first-order chi connectivity index (χ1) is 18.3. The molecule has 5 heteroatoms. The molecule has 3 aliphatic rings. The van der Waals surface area contributed by atoms with Gasteiger partial charge in [0.2, 0.25) is 11.6 Å². The van der Waals surface area contributed by atoms with Crippen molar-refractivity contribution >= 4 is 28.7 Å². The summed E-state index contributed by atoms with van der Waals surface area (Å²) in [6.45, 7) is 5.81. The topological polar surface area (TPSA) is 77.5 Å². The molecule has 0 amide bonds. The Kier molecular flexibility index (Phi) is 8.96. The highest BCUT2D eigenvalue weighted by Gasteiger charge is 2.36. The Morgan fingerprint density at radius 1 is 1.03 bits per heavy atom. The summed E-state index contributed by atoms with van der Waals surface area (Å²) in [5.74, 6) is -0.149. The van der Waals surface area contributed by atoms with Crippen molar-refractivity contribution in [3.63, 3.8) is 0 Å². The van der Waals surface area contributed by atoms with Crippen LogP contribution in [-0.2, 0) is 14.4 Å². The zero-order chi connectivity index (χ0) is 27.4. The number of benzene rings is 1. The van der Waals surface area contributed by atoms with Crippen molar-refractivity contribution in [1.82, 2.24) is 0 Å². The number of hydrogen-bond donors (Lipinski definition) is 0. The van der Waals surface area contributed by atoms with E-state index in [0.29, 0.717) is 47.1 Å². The molecule has 0 aliphatic heterocycles. The van der Waals surface area contributed by atoms with Crippen LogP contribution in [0.2, 0.25) is 0 Å². The van der Waals surface area contributed by atoms with Crippen LogP contribution in [0.1, 0.15) is 106 Å². The van der Waals surface area contributed by atoms with Crippen LogP contribution in [-0.4, -0.2) is 30.2 Å². The lowest BCUT2D eigenvalue weighted by Gasteiger charge is -2.29. The standard InChI is InChI=1S/C33H40O5/c1-5-7-30(35)26-18-27(33(37)29(34)6-2)24-17-28(31(38-4)19-25(24)26)32(36)23-14-12-22(13-15-23)16-21-10-8-20(3)9-11-21/h8,10-11,17-20,22-23,26H,5-7,9,12-16H2,1-4H3. The zero-order valence-corrected chi connectivity index (χ0v) is 23.2. The molecule has 2 atom stereocenters. The number of allylic oxidation sites excluding steroid dienone is 6. The number of rotatable bonds is 11. The summed E-state index contributed by atoms with van der Waals surface area (Å²) in [7, 11) is 1.53. The van der Waals surface area contributed by atoms with Crippen molar-refractivity contribution in [2.24, 2.45) is 17.8 Å². The minimum absolute atomic E-state index is 0.00247. The van der Waals surface area contributed by atoms with Gasteiger partial charge in [0, 0.05) is 24.3 Å². The molecule has 0 heterocycles. The second kappa shape index (κ2) is 12.2. The molecule has 0 aromatic heterocycles. The number of carbonyl (C=O) groups is 4. The number of fused-ring (bicyclic) bond motifs is 1. The normalized spacial score (nSPS) is 24.3. The van der Waals surface area contributed by atoms with E-state index in [0.717, 1.165) is 38.5 Å². The molecule has 2 unspecified atom stereocenters. The lowest BCUT2D eigenvalue weighted by atomic mass is 9.75. The fourth-order valence-electron chi connectivity index (χ4n) is 6.08. The molecule has 4 rings (SSSR count). The van der Waals surface area contributed by atoms with Gasteiger partial charge in [-0.05, 0) is 80.0 Å². The fourth-order valence-corrected chi connectivity index (χ4v) is 6.08. The van der Waals surface area contributed by atoms with E-state index in [2.05, 4.69) is 25.2 Å². The largest absolute Gasteiger partial charge is 0.496 e. The second-order valence-corrected chi connectivity index (χ2v) is 11.2. The molecule has 5 nitrogen and oxygen atoms in total. The lowest BCUT2D eigenvalue weighted by molar-refractivity contribution is -0.133. The Morgan fingerprint density at radius 3 is 2.37 bits per heavy atom. The zero-order valence-electron chi connectivity index (χ0n) is 23.2. The van der Waals surface area contributed by atoms with Gasteiger partial charge in [-0.25, -0.2) is 0 Å². The summed E-state index contributed by atoms with van der Waals surface area (Å²) in [4.78, 5) is 51.9. The van der Waals surface area contributed by atoms with Gasteiger partial charge >= 0.3 is 0 Å². The summed E-state index contributed by atoms with van der Waals surface area (Å²) in [6, 6.07) is 3.44. The van der Waals surface area contributed by atoms with Crippen LogP contribution >= 0.6 is 0 Å². The molecular formula is C33H40O5. The Balaban J connectivity index is 1.56. The van der Waals surface area contributed by atoms with Crippen LogP contribution in [0.5, 0.6) is 5.75 Å². The molecule has 1 saturated carbocycles. The molecule has 0 N–H and O–H groups in total. The van der Waals surface area contributed by atoms with E-state index in [1.54, 1.807) is 25.1 Å². The summed E-state index contributed by atoms with van der Waals surface area (Å²) in [5.41, 5.74) is 3.26. The van der Waals surface area contributed by atoms with Crippen LogP contribution in [0.15, 0.2) is 42.0 Å². The first-order valence-corrected chi connectivity index (χ1v) is 14.2. The van der Waals surface area contributed by atoms with Gasteiger partial charge in [-0.1, -0.05) is 50.6 Å². The van der Waals surface area contributed by atoms with E-state index in [4.69, 9.17) is 4.74 Å². The van der Waals surface area contributed by atoms with Crippen LogP contribution < -0.4 is 4.74 Å². The van der Waals surface area contributed by atoms with Gasteiger partial charge in [-0.2, -0.15) is 0 Å². The van der Waals surface area contributed by atoms with Gasteiger partial charge in [0.05, 0.1) is 18.6 Å². The van der Waals surface area contributed by atoms with Gasteiger partial charge in [0.15, 0.2) is 5.78 Å². The monoisotopic (exact) mass is 516 g/mol. The van der Waals surface area contributed by atoms with Crippen LogP contribution in [0.3, 0.4) is 0 Å². The maximum absolute atomic E-state index is 13.8. The fraction of sp³-hybridized carbons (Fsp3) is 0.515. The van der Waals surface area contributed by atoms with E-state index < -0.39 is 17.5 Å². The van der Waals surface area contributed by atoms with Gasteiger partial charge in [0.25, 0.3) is 0 Å². The molecular weight excluding hydrogens is 476 g/mol. The summed E-state index contributed by atoms with van der Waals surface area (Å²) >= 11 is 0. The molecule has 0 bridgehead atoms. The molecule has 38 heavy (non-hydrogen) atoms. The molecule has 0 radical (unpaired) electrons. The third kappa shape index (κ3) is 5.82. The summed E-state index contributed by atoms with van der Waals surface area (Å²) in [6.07, 6.45) is 15.5. The maximum atomic E-state index is 13.8. The van der Waals surface area contributed by atoms with E-state index in [-0.39, 0.29) is 29.5 Å². The predicted octanol–water partition coefficient (Wildman–Crippen LogP) is 6.99. The van der Waals surface area contributed by atoms with E-state index in [1.807, 2.05) is 6.92 Å². The van der Waals surface area contributed by atoms with E-state index in [9.17, 15) is 19.2 Å². The van der Waals surface area contributed by atoms with Gasteiger partial charge in [0.1, 0.15) is 11.5 Å². The van der Waals surface area contributed by atoms with Gasteiger partial charge < -0.3 is 4.74 Å². The van der Waals surface area contributed by atoms with Crippen molar-refractivity contribution in [3.8, 4) is 5.75 Å². The molecule has 3 aliphatic carbocycles. The Morgan fingerprint density at radius 2 is 1.76 bits per heavy atom. The molecule has 1 fully saturated rings. The smallest absolute Gasteiger partial charge is 0.228 e. The quantitative estimate of drug-likeness (QED) is 0.234. The number of methoxy groups -OCH3 is 1. The predicted molar refractivity (Wildman–Crippen MR) is 149 cm³/mol. The summed E-state index contributed by atoms with van der Waals surface area (Å²) in [5, 5.41) is 0. The molecule has 202 valence electrons. The first kappa shape index (κ1) is 27.9. The van der Waals surface area contributed by atoms with Crippen molar-refractivity contribution in [3.05, 3.63) is 58.7 Å². The van der Waals surface area contributed by atoms with E-state index in [1.165, 1.54) is 12.7 Å². The highest BCUT2D eigenvalue weighted by atomic mass is 16.5. The minimum atomic E-state index is -0.604. The highest BCUT2D eigenvalue weighted by Crippen LogP contribution is 2.43. The highest BCUT2D eigenvalue weighted by molar-refractivity contribution is 6.54. The Labute approximate surface area is 226 Å². The van der Waals surface area contributed by atoms with E-state index >= 15 is 0 Å². The number of hydrogen-bond acceptors (Lipinski definition) is 5. The molecule has 0 saturated heterocycles. The number of ether oxygens (including phenoxy) is 1. The Bertz CT molecular complexity index is 1210. The van der Waals surface area contributed by atoms with Crippen molar-refractivity contribution in [2.75, 3.05) is 7.11 Å². The lowest BCUT2D eigenvalue weighted by Crippen LogP contribution is -2.23. The van der Waals surface area contributed by atoms with Crippen molar-refractivity contribution < 1.29 is 23.9 Å². The third-order valence-corrected chi connectivity index (χ3v) is 8.39. The van der Waals surface area contributed by atoms with Crippen LogP contribution in [0.4, 0.5) is 0 Å². The van der Waals surface area contributed by atoms with Crippen molar-refractivity contribution in [1.29, 1.82) is 0 Å². The Hall–Kier alpha value is -3.08. The van der Waals surface area contributed by atoms with Crippen LogP contribution in [0, 0.1) is 17.8 Å². The SMILES string of the molecule is CCCC(=O)C1C=C(C(=O)C(=O)CC)c2cc(C(=O)C3CCC(CC4=CCC(C)C=C4)CC3)c(OC)cc21. The average molecular weight is 517 g/mol. The maximum Gasteiger partial charge on any atom is 0.228 e. The van der Waals surface area contributed by atoms with Gasteiger partial charge in [-0.15, -0.1) is 0 Å². The van der Waals surface area contributed by atoms with Crippen LogP contribution in [0.25, 0.3) is 5.57 Å². The number of carbonyl (C=O) groups excluding carboxylic acids is 4. The number of ketones is 4. The molecule has 1 aromatic rings. The second-order valence-electron chi connectivity index (χ2n) is 11.2. The first-order valence-electron chi connectivity index (χ1n) is 14.2. The average Bonchev–Trinajstić information content (AvgIpc) is 3.31. The van der Waals surface area contributed by atoms with Crippen molar-refractivity contribution in [2.45, 2.75) is 84.5 Å². The summed E-state index contributed by atoms with van der Waals surface area (Å²) < 4.78 is 5.64. The molecule has 1 aromatic carbocycles. The van der Waals surface area contributed by atoms with Gasteiger partial charge in [-0.3, -0.25) is 19.2 Å². The third-order valence-electron chi connectivity index (χ3n) is 8.39. The molecule has 0 spiro atoms. The minimum Gasteiger partial charge on any atom is -0.496 e.